The predicted octanol–water partition coefficient (Wildman–Crippen LogP) is 1.50. The summed E-state index contributed by atoms with van der Waals surface area (Å²) >= 11 is 0. The average Bonchev–Trinajstić information content (AvgIpc) is 3.22. The van der Waals surface area contributed by atoms with Gasteiger partial charge in [-0.2, -0.15) is 5.21 Å². The molecule has 1 saturated carbocycles. The minimum Gasteiger partial charge on any atom is -0.364 e. The van der Waals surface area contributed by atoms with Crippen molar-refractivity contribution in [2.24, 2.45) is 5.92 Å². The number of tetrazole rings is 1. The number of rotatable bonds is 4. The molecule has 2 N–H and O–H groups in total. The van der Waals surface area contributed by atoms with Crippen molar-refractivity contribution in [2.75, 3.05) is 13.1 Å². The van der Waals surface area contributed by atoms with E-state index in [1.807, 2.05) is 17.2 Å². The number of nitrogens with zero attached hydrogens (tertiary/aromatic N) is 4. The van der Waals surface area contributed by atoms with Gasteiger partial charge in [0.05, 0.1) is 5.56 Å². The van der Waals surface area contributed by atoms with Gasteiger partial charge in [0.2, 0.25) is 0 Å². The minimum atomic E-state index is 0.160. The van der Waals surface area contributed by atoms with Gasteiger partial charge in [-0.05, 0) is 24.8 Å². The molecule has 1 aliphatic heterocycles. The van der Waals surface area contributed by atoms with E-state index in [1.165, 1.54) is 25.7 Å². The van der Waals surface area contributed by atoms with Gasteiger partial charge in [0.15, 0.2) is 5.82 Å². The zero-order chi connectivity index (χ0) is 14.9. The SMILES string of the molecule is O=C(c1cc[nH]c1C1CCCC1)N1CC(Cc2nn[nH]n2)C1. The van der Waals surface area contributed by atoms with E-state index in [4.69, 9.17) is 0 Å². The second-order valence-electron chi connectivity index (χ2n) is 6.39. The molecule has 7 nitrogen and oxygen atoms in total. The zero-order valence-electron chi connectivity index (χ0n) is 12.5. The molecular formula is C15H20N6O. The first kappa shape index (κ1) is 13.5. The topological polar surface area (TPSA) is 90.6 Å². The highest BCUT2D eigenvalue weighted by Crippen LogP contribution is 2.35. The maximum absolute atomic E-state index is 12.7. The lowest BCUT2D eigenvalue weighted by Gasteiger charge is -2.39. The molecule has 1 amide bonds. The molecule has 0 atom stereocenters. The molecule has 116 valence electrons. The molecule has 1 saturated heterocycles. The van der Waals surface area contributed by atoms with Gasteiger partial charge in [-0.1, -0.05) is 18.1 Å². The third-order valence-electron chi connectivity index (χ3n) is 4.88. The van der Waals surface area contributed by atoms with Gasteiger partial charge < -0.3 is 9.88 Å². The lowest BCUT2D eigenvalue weighted by atomic mass is 9.93. The highest BCUT2D eigenvalue weighted by atomic mass is 16.2. The standard InChI is InChI=1S/C15H20N6O/c22-15(12-5-6-16-14(12)11-3-1-2-4-11)21-8-10(9-21)7-13-17-19-20-18-13/h5-6,10-11,16H,1-4,7-9H2,(H,17,18,19,20). The van der Waals surface area contributed by atoms with Crippen molar-refractivity contribution in [3.63, 3.8) is 0 Å². The highest BCUT2D eigenvalue weighted by Gasteiger charge is 2.34. The van der Waals surface area contributed by atoms with Crippen molar-refractivity contribution < 1.29 is 4.79 Å². The fraction of sp³-hybridized carbons (Fsp3) is 0.600. The molecule has 0 radical (unpaired) electrons. The number of H-pyrrole nitrogens is 2. The molecule has 2 aromatic heterocycles. The van der Waals surface area contributed by atoms with Gasteiger partial charge in [0, 0.05) is 37.3 Å². The summed E-state index contributed by atoms with van der Waals surface area (Å²) in [6, 6.07) is 1.93. The number of carbonyl (C=O) groups is 1. The summed E-state index contributed by atoms with van der Waals surface area (Å²) in [6.07, 6.45) is 7.62. The first-order valence-electron chi connectivity index (χ1n) is 8.00. The van der Waals surface area contributed by atoms with Gasteiger partial charge in [0.25, 0.3) is 5.91 Å². The predicted molar refractivity (Wildman–Crippen MR) is 79.3 cm³/mol. The summed E-state index contributed by atoms with van der Waals surface area (Å²) in [4.78, 5) is 17.9. The molecule has 1 aliphatic carbocycles. The van der Waals surface area contributed by atoms with Crippen LogP contribution in [0.15, 0.2) is 12.3 Å². The van der Waals surface area contributed by atoms with Crippen molar-refractivity contribution in [1.29, 1.82) is 0 Å². The van der Waals surface area contributed by atoms with E-state index < -0.39 is 0 Å². The number of carbonyl (C=O) groups excluding carboxylic acids is 1. The lowest BCUT2D eigenvalue weighted by molar-refractivity contribution is 0.0496. The van der Waals surface area contributed by atoms with Gasteiger partial charge >= 0.3 is 0 Å². The maximum Gasteiger partial charge on any atom is 0.255 e. The van der Waals surface area contributed by atoms with Crippen LogP contribution < -0.4 is 0 Å². The van der Waals surface area contributed by atoms with Crippen molar-refractivity contribution in [3.05, 3.63) is 29.3 Å². The van der Waals surface area contributed by atoms with Crippen LogP contribution in [-0.4, -0.2) is 49.5 Å². The second-order valence-corrected chi connectivity index (χ2v) is 6.39. The Hall–Kier alpha value is -2.18. The van der Waals surface area contributed by atoms with Crippen molar-refractivity contribution in [1.82, 2.24) is 30.5 Å². The number of hydrogen-bond acceptors (Lipinski definition) is 4. The van der Waals surface area contributed by atoms with E-state index >= 15 is 0 Å². The molecule has 2 fully saturated rings. The smallest absolute Gasteiger partial charge is 0.255 e. The van der Waals surface area contributed by atoms with E-state index in [0.29, 0.717) is 11.8 Å². The van der Waals surface area contributed by atoms with Crippen molar-refractivity contribution in [2.45, 2.75) is 38.0 Å². The first-order valence-corrected chi connectivity index (χ1v) is 8.00. The fourth-order valence-corrected chi connectivity index (χ4v) is 3.68. The zero-order valence-corrected chi connectivity index (χ0v) is 12.5. The van der Waals surface area contributed by atoms with E-state index in [2.05, 4.69) is 25.6 Å². The Kier molecular flexibility index (Phi) is 3.40. The van der Waals surface area contributed by atoms with Gasteiger partial charge in [-0.3, -0.25) is 4.79 Å². The third-order valence-corrected chi connectivity index (χ3v) is 4.88. The van der Waals surface area contributed by atoms with E-state index in [1.54, 1.807) is 0 Å². The molecular weight excluding hydrogens is 280 g/mol. The molecule has 0 bridgehead atoms. The van der Waals surface area contributed by atoms with E-state index in [-0.39, 0.29) is 5.91 Å². The lowest BCUT2D eigenvalue weighted by Crippen LogP contribution is -2.51. The number of hydrogen-bond donors (Lipinski definition) is 2. The summed E-state index contributed by atoms with van der Waals surface area (Å²) in [5.74, 6) is 1.86. The number of likely N-dealkylation sites (tertiary alicyclic amines) is 1. The van der Waals surface area contributed by atoms with Crippen molar-refractivity contribution in [3.8, 4) is 0 Å². The molecule has 0 unspecified atom stereocenters. The van der Waals surface area contributed by atoms with E-state index in [0.717, 1.165) is 36.6 Å². The molecule has 22 heavy (non-hydrogen) atoms. The Morgan fingerprint density at radius 2 is 2.14 bits per heavy atom. The summed E-state index contributed by atoms with van der Waals surface area (Å²) in [7, 11) is 0. The molecule has 7 heteroatoms. The number of aromatic nitrogens is 5. The number of amides is 1. The van der Waals surface area contributed by atoms with Crippen LogP contribution in [0.25, 0.3) is 0 Å². The van der Waals surface area contributed by atoms with Crippen LogP contribution in [0.4, 0.5) is 0 Å². The van der Waals surface area contributed by atoms with Crippen LogP contribution in [0.5, 0.6) is 0 Å². The molecule has 4 rings (SSSR count). The van der Waals surface area contributed by atoms with Crippen LogP contribution >= 0.6 is 0 Å². The van der Waals surface area contributed by atoms with Crippen LogP contribution in [0.2, 0.25) is 0 Å². The minimum absolute atomic E-state index is 0.160. The molecule has 2 aliphatic rings. The van der Waals surface area contributed by atoms with Crippen LogP contribution in [0.3, 0.4) is 0 Å². The monoisotopic (exact) mass is 300 g/mol. The Morgan fingerprint density at radius 1 is 1.32 bits per heavy atom. The Morgan fingerprint density at radius 3 is 2.86 bits per heavy atom. The Balaban J connectivity index is 1.38. The summed E-state index contributed by atoms with van der Waals surface area (Å²) in [5.41, 5.74) is 2.01. The Labute approximate surface area is 128 Å². The average molecular weight is 300 g/mol. The summed E-state index contributed by atoms with van der Waals surface area (Å²) < 4.78 is 0. The third kappa shape index (κ3) is 2.40. The van der Waals surface area contributed by atoms with Crippen LogP contribution in [0, 0.1) is 5.92 Å². The second kappa shape index (κ2) is 5.55. The van der Waals surface area contributed by atoms with Gasteiger partial charge in [0.1, 0.15) is 0 Å². The number of nitrogens with one attached hydrogen (secondary N) is 2. The largest absolute Gasteiger partial charge is 0.364 e. The first-order chi connectivity index (χ1) is 10.8. The van der Waals surface area contributed by atoms with Crippen LogP contribution in [-0.2, 0) is 6.42 Å². The summed E-state index contributed by atoms with van der Waals surface area (Å²) in [5, 5.41) is 14.0. The Bertz CT molecular complexity index is 637. The fourth-order valence-electron chi connectivity index (χ4n) is 3.68. The van der Waals surface area contributed by atoms with Gasteiger partial charge in [-0.25, -0.2) is 0 Å². The molecule has 0 spiro atoms. The van der Waals surface area contributed by atoms with E-state index in [9.17, 15) is 4.79 Å². The normalized spacial score (nSPS) is 19.5. The maximum atomic E-state index is 12.7. The quantitative estimate of drug-likeness (QED) is 0.895. The summed E-state index contributed by atoms with van der Waals surface area (Å²) in [6.45, 7) is 1.56. The van der Waals surface area contributed by atoms with Crippen molar-refractivity contribution >= 4 is 5.91 Å². The molecule has 0 aromatic carbocycles. The van der Waals surface area contributed by atoms with Gasteiger partial charge in [-0.15, -0.1) is 10.2 Å². The molecule has 2 aromatic rings. The van der Waals surface area contributed by atoms with Crippen LogP contribution in [0.1, 0.15) is 53.5 Å². The highest BCUT2D eigenvalue weighted by molar-refractivity contribution is 5.96. The molecule has 3 heterocycles. The number of aromatic amines is 2.